The van der Waals surface area contributed by atoms with E-state index in [1.165, 1.54) is 5.56 Å². The SMILES string of the molecule is C[C@@H]1[C@@H](OCc2ccccc2)C[C@@H]1O. The highest BCUT2D eigenvalue weighted by Gasteiger charge is 2.36. The lowest BCUT2D eigenvalue weighted by molar-refractivity contribution is -0.125. The highest BCUT2D eigenvalue weighted by molar-refractivity contribution is 5.13. The molecule has 1 aromatic rings. The van der Waals surface area contributed by atoms with E-state index < -0.39 is 0 Å². The molecule has 0 aliphatic heterocycles. The van der Waals surface area contributed by atoms with Gasteiger partial charge in [0.2, 0.25) is 0 Å². The Morgan fingerprint density at radius 2 is 2.07 bits per heavy atom. The van der Waals surface area contributed by atoms with E-state index in [9.17, 15) is 5.11 Å². The highest BCUT2D eigenvalue weighted by atomic mass is 16.5. The van der Waals surface area contributed by atoms with Crippen LogP contribution in [0.4, 0.5) is 0 Å². The van der Waals surface area contributed by atoms with Gasteiger partial charge in [0.1, 0.15) is 0 Å². The van der Waals surface area contributed by atoms with Crippen LogP contribution in [0.3, 0.4) is 0 Å². The lowest BCUT2D eigenvalue weighted by Crippen LogP contribution is -2.45. The summed E-state index contributed by atoms with van der Waals surface area (Å²) in [5, 5.41) is 9.30. The lowest BCUT2D eigenvalue weighted by Gasteiger charge is -2.38. The van der Waals surface area contributed by atoms with Crippen molar-refractivity contribution in [3.05, 3.63) is 35.9 Å². The molecule has 1 saturated carbocycles. The molecule has 1 aliphatic rings. The second kappa shape index (κ2) is 4.11. The van der Waals surface area contributed by atoms with Gasteiger partial charge in [-0.25, -0.2) is 0 Å². The van der Waals surface area contributed by atoms with Crippen LogP contribution in [0.5, 0.6) is 0 Å². The molecule has 1 N–H and O–H groups in total. The van der Waals surface area contributed by atoms with Crippen LogP contribution in [0.15, 0.2) is 30.3 Å². The molecule has 3 atom stereocenters. The molecular formula is C12H16O2. The Bertz CT molecular complexity index is 284. The first-order valence-corrected chi connectivity index (χ1v) is 5.11. The van der Waals surface area contributed by atoms with E-state index in [2.05, 4.69) is 12.1 Å². The van der Waals surface area contributed by atoms with Crippen molar-refractivity contribution < 1.29 is 9.84 Å². The molecule has 0 aromatic heterocycles. The molecule has 1 aromatic carbocycles. The van der Waals surface area contributed by atoms with E-state index in [1.54, 1.807) is 0 Å². The minimum Gasteiger partial charge on any atom is -0.393 e. The average Bonchev–Trinajstić information content (AvgIpc) is 2.25. The van der Waals surface area contributed by atoms with E-state index in [1.807, 2.05) is 25.1 Å². The number of aliphatic hydroxyl groups excluding tert-OH is 1. The molecule has 0 heterocycles. The van der Waals surface area contributed by atoms with Crippen molar-refractivity contribution in [2.75, 3.05) is 0 Å². The molecule has 1 fully saturated rings. The summed E-state index contributed by atoms with van der Waals surface area (Å²) in [5.74, 6) is 0.290. The van der Waals surface area contributed by atoms with Gasteiger partial charge in [0.05, 0.1) is 18.8 Å². The molecule has 0 saturated heterocycles. The maximum Gasteiger partial charge on any atom is 0.0720 e. The first-order valence-electron chi connectivity index (χ1n) is 5.11. The third-order valence-electron chi connectivity index (χ3n) is 2.97. The summed E-state index contributed by atoms with van der Waals surface area (Å²) in [4.78, 5) is 0. The molecule has 14 heavy (non-hydrogen) atoms. The minimum atomic E-state index is -0.157. The van der Waals surface area contributed by atoms with Gasteiger partial charge in [-0.2, -0.15) is 0 Å². The molecule has 0 spiro atoms. The first-order chi connectivity index (χ1) is 6.77. The fourth-order valence-corrected chi connectivity index (χ4v) is 1.72. The van der Waals surface area contributed by atoms with Gasteiger partial charge in [-0.1, -0.05) is 37.3 Å². The summed E-state index contributed by atoms with van der Waals surface area (Å²) >= 11 is 0. The van der Waals surface area contributed by atoms with Crippen molar-refractivity contribution in [1.82, 2.24) is 0 Å². The van der Waals surface area contributed by atoms with E-state index in [0.717, 1.165) is 6.42 Å². The lowest BCUT2D eigenvalue weighted by atomic mass is 9.80. The van der Waals surface area contributed by atoms with Crippen LogP contribution >= 0.6 is 0 Å². The number of ether oxygens (including phenoxy) is 1. The maximum absolute atomic E-state index is 9.30. The second-order valence-electron chi connectivity index (χ2n) is 4.00. The highest BCUT2D eigenvalue weighted by Crippen LogP contribution is 2.30. The predicted octanol–water partition coefficient (Wildman–Crippen LogP) is 1.97. The Kier molecular flexibility index (Phi) is 2.85. The van der Waals surface area contributed by atoms with Crippen LogP contribution in [-0.2, 0) is 11.3 Å². The van der Waals surface area contributed by atoms with Gasteiger partial charge < -0.3 is 9.84 Å². The van der Waals surface area contributed by atoms with Gasteiger partial charge in [-0.3, -0.25) is 0 Å². The van der Waals surface area contributed by atoms with Gasteiger partial charge in [0.15, 0.2) is 0 Å². The number of hydrogen-bond acceptors (Lipinski definition) is 2. The summed E-state index contributed by atoms with van der Waals surface area (Å²) in [6.45, 7) is 2.69. The zero-order valence-electron chi connectivity index (χ0n) is 8.39. The fourth-order valence-electron chi connectivity index (χ4n) is 1.72. The monoisotopic (exact) mass is 192 g/mol. The van der Waals surface area contributed by atoms with Gasteiger partial charge in [0.25, 0.3) is 0 Å². The van der Waals surface area contributed by atoms with Gasteiger partial charge in [-0.15, -0.1) is 0 Å². The summed E-state index contributed by atoms with van der Waals surface area (Å²) in [5.41, 5.74) is 1.20. The summed E-state index contributed by atoms with van der Waals surface area (Å²) in [6, 6.07) is 10.1. The maximum atomic E-state index is 9.30. The zero-order valence-corrected chi connectivity index (χ0v) is 8.39. The van der Waals surface area contributed by atoms with Gasteiger partial charge >= 0.3 is 0 Å². The van der Waals surface area contributed by atoms with Crippen molar-refractivity contribution in [1.29, 1.82) is 0 Å². The topological polar surface area (TPSA) is 29.5 Å². The van der Waals surface area contributed by atoms with E-state index in [-0.39, 0.29) is 12.2 Å². The molecule has 1 aliphatic carbocycles. The van der Waals surface area contributed by atoms with Crippen LogP contribution in [0.2, 0.25) is 0 Å². The Hall–Kier alpha value is -0.860. The standard InChI is InChI=1S/C12H16O2/c1-9-11(13)7-12(9)14-8-10-5-3-2-4-6-10/h2-6,9,11-13H,7-8H2,1H3/t9-,11-,12-/m0/s1. The van der Waals surface area contributed by atoms with Crippen molar-refractivity contribution in [3.8, 4) is 0 Å². The fraction of sp³-hybridized carbons (Fsp3) is 0.500. The number of hydrogen-bond donors (Lipinski definition) is 1. The summed E-state index contributed by atoms with van der Waals surface area (Å²) in [7, 11) is 0. The van der Waals surface area contributed by atoms with Crippen LogP contribution in [0, 0.1) is 5.92 Å². The van der Waals surface area contributed by atoms with Crippen LogP contribution in [-0.4, -0.2) is 17.3 Å². The van der Waals surface area contributed by atoms with Crippen molar-refractivity contribution >= 4 is 0 Å². The molecule has 2 heteroatoms. The van der Waals surface area contributed by atoms with Crippen molar-refractivity contribution in [2.24, 2.45) is 5.92 Å². The summed E-state index contributed by atoms with van der Waals surface area (Å²) in [6.07, 6.45) is 0.870. The number of benzene rings is 1. The largest absolute Gasteiger partial charge is 0.393 e. The van der Waals surface area contributed by atoms with Crippen LogP contribution < -0.4 is 0 Å². The van der Waals surface area contributed by atoms with Crippen molar-refractivity contribution in [2.45, 2.75) is 32.2 Å². The quantitative estimate of drug-likeness (QED) is 0.793. The van der Waals surface area contributed by atoms with Gasteiger partial charge in [-0.05, 0) is 5.56 Å². The number of rotatable bonds is 3. The van der Waals surface area contributed by atoms with Gasteiger partial charge in [0, 0.05) is 12.3 Å². The first kappa shape index (κ1) is 9.69. The van der Waals surface area contributed by atoms with Crippen molar-refractivity contribution in [3.63, 3.8) is 0 Å². The third kappa shape index (κ3) is 1.97. The smallest absolute Gasteiger partial charge is 0.0720 e. The molecule has 76 valence electrons. The predicted molar refractivity (Wildman–Crippen MR) is 54.8 cm³/mol. The van der Waals surface area contributed by atoms with Crippen LogP contribution in [0.1, 0.15) is 18.9 Å². The molecule has 2 nitrogen and oxygen atoms in total. The molecule has 0 bridgehead atoms. The Labute approximate surface area is 84.5 Å². The number of aliphatic hydroxyl groups is 1. The Morgan fingerprint density at radius 3 is 2.64 bits per heavy atom. The Balaban J connectivity index is 1.79. The molecular weight excluding hydrogens is 176 g/mol. The average molecular weight is 192 g/mol. The minimum absolute atomic E-state index is 0.157. The zero-order chi connectivity index (χ0) is 9.97. The Morgan fingerprint density at radius 1 is 1.36 bits per heavy atom. The van der Waals surface area contributed by atoms with Crippen LogP contribution in [0.25, 0.3) is 0 Å². The molecule has 2 rings (SSSR count). The summed E-state index contributed by atoms with van der Waals surface area (Å²) < 4.78 is 5.69. The normalized spacial score (nSPS) is 31.1. The third-order valence-corrected chi connectivity index (χ3v) is 2.97. The molecule has 0 amide bonds. The molecule has 0 unspecified atom stereocenters. The van der Waals surface area contributed by atoms with E-state index in [4.69, 9.17) is 4.74 Å². The second-order valence-corrected chi connectivity index (χ2v) is 4.00. The van der Waals surface area contributed by atoms with E-state index in [0.29, 0.717) is 12.5 Å². The molecule has 0 radical (unpaired) electrons. The van der Waals surface area contributed by atoms with E-state index >= 15 is 0 Å².